The number of carbonyl (C=O) groups excluding carboxylic acids is 1. The number of amides is 1. The minimum absolute atomic E-state index is 0. The highest BCUT2D eigenvalue weighted by Gasteiger charge is 2.25. The molecule has 0 saturated carbocycles. The molecule has 0 aromatic heterocycles. The number of carbonyl (C=O) groups is 1. The van der Waals surface area contributed by atoms with Crippen LogP contribution in [0, 0.1) is 0 Å². The van der Waals surface area contributed by atoms with Crippen molar-refractivity contribution >= 4 is 47.8 Å². The van der Waals surface area contributed by atoms with Gasteiger partial charge in [0.15, 0.2) is 5.96 Å². The van der Waals surface area contributed by atoms with Gasteiger partial charge in [-0.05, 0) is 45.6 Å². The Morgan fingerprint density at radius 2 is 1.74 bits per heavy atom. The molecule has 0 bridgehead atoms. The van der Waals surface area contributed by atoms with Crippen LogP contribution in [0.15, 0.2) is 4.99 Å². The molecule has 160 valence electrons. The van der Waals surface area contributed by atoms with Crippen LogP contribution in [0.2, 0.25) is 0 Å². The van der Waals surface area contributed by atoms with Crippen molar-refractivity contribution in [2.24, 2.45) is 4.99 Å². The van der Waals surface area contributed by atoms with E-state index in [1.165, 1.54) is 12.2 Å². The lowest BCUT2D eigenvalue weighted by Gasteiger charge is -2.35. The first-order chi connectivity index (χ1) is 12.4. The molecule has 1 fully saturated rings. The van der Waals surface area contributed by atoms with Gasteiger partial charge in [-0.2, -0.15) is 11.8 Å². The molecule has 0 aromatic rings. The number of rotatable bonds is 8. The predicted octanol–water partition coefficient (Wildman–Crippen LogP) is 2.47. The van der Waals surface area contributed by atoms with Crippen LogP contribution in [-0.2, 0) is 4.74 Å². The summed E-state index contributed by atoms with van der Waals surface area (Å²) in [6.45, 7) is 11.6. The lowest BCUT2D eigenvalue weighted by Crippen LogP contribution is -2.51. The third kappa shape index (κ3) is 12.6. The van der Waals surface area contributed by atoms with Gasteiger partial charge in [0.05, 0.1) is 0 Å². The van der Waals surface area contributed by atoms with Gasteiger partial charge in [0.2, 0.25) is 0 Å². The summed E-state index contributed by atoms with van der Waals surface area (Å²) in [6, 6.07) is 0. The quantitative estimate of drug-likeness (QED) is 0.224. The topological polar surface area (TPSA) is 69.2 Å². The fraction of sp³-hybridized carbons (Fsp3) is 0.889. The van der Waals surface area contributed by atoms with Crippen molar-refractivity contribution in [1.29, 1.82) is 0 Å². The molecular weight excluding hydrogens is 477 g/mol. The number of halogens is 1. The average Bonchev–Trinajstić information content (AvgIpc) is 2.59. The SMILES string of the molecule is CN=C(NCCCCSC)NCCN1CCN(C(=O)OC(C)(C)C)CC1.I. The van der Waals surface area contributed by atoms with E-state index in [1.807, 2.05) is 32.5 Å². The molecule has 1 saturated heterocycles. The Bertz CT molecular complexity index is 438. The summed E-state index contributed by atoms with van der Waals surface area (Å²) in [5.74, 6) is 2.07. The molecule has 0 atom stereocenters. The van der Waals surface area contributed by atoms with Crippen LogP contribution in [0.25, 0.3) is 0 Å². The van der Waals surface area contributed by atoms with Crippen LogP contribution in [0.1, 0.15) is 33.6 Å². The van der Waals surface area contributed by atoms with Gasteiger partial charge in [-0.15, -0.1) is 24.0 Å². The first-order valence-corrected chi connectivity index (χ1v) is 10.9. The molecule has 7 nitrogen and oxygen atoms in total. The molecule has 2 N–H and O–H groups in total. The number of nitrogens with one attached hydrogen (secondary N) is 2. The lowest BCUT2D eigenvalue weighted by molar-refractivity contribution is 0.0147. The summed E-state index contributed by atoms with van der Waals surface area (Å²) in [7, 11) is 1.80. The summed E-state index contributed by atoms with van der Waals surface area (Å²) >= 11 is 1.89. The van der Waals surface area contributed by atoms with Gasteiger partial charge in [0, 0.05) is 52.9 Å². The Morgan fingerprint density at radius 1 is 1.11 bits per heavy atom. The van der Waals surface area contributed by atoms with Gasteiger partial charge in [-0.3, -0.25) is 9.89 Å². The lowest BCUT2D eigenvalue weighted by atomic mass is 10.2. The third-order valence-corrected chi connectivity index (χ3v) is 4.73. The molecule has 1 amide bonds. The van der Waals surface area contributed by atoms with Crippen LogP contribution in [0.5, 0.6) is 0 Å². The molecule has 0 aromatic carbocycles. The van der Waals surface area contributed by atoms with Gasteiger partial charge in [-0.1, -0.05) is 0 Å². The number of hydrogen-bond donors (Lipinski definition) is 2. The largest absolute Gasteiger partial charge is 0.444 e. The predicted molar refractivity (Wildman–Crippen MR) is 127 cm³/mol. The minimum Gasteiger partial charge on any atom is -0.444 e. The first kappa shape index (κ1) is 26.6. The average molecular weight is 516 g/mol. The zero-order chi connectivity index (χ0) is 19.4. The van der Waals surface area contributed by atoms with E-state index in [0.29, 0.717) is 0 Å². The number of hydrogen-bond acceptors (Lipinski definition) is 5. The number of ether oxygens (including phenoxy) is 1. The van der Waals surface area contributed by atoms with Crippen molar-refractivity contribution in [2.45, 2.75) is 39.2 Å². The summed E-state index contributed by atoms with van der Waals surface area (Å²) < 4.78 is 5.43. The van der Waals surface area contributed by atoms with Crippen molar-refractivity contribution in [3.05, 3.63) is 0 Å². The summed E-state index contributed by atoms with van der Waals surface area (Å²) in [5.41, 5.74) is -0.434. The smallest absolute Gasteiger partial charge is 0.410 e. The van der Waals surface area contributed by atoms with Gasteiger partial charge >= 0.3 is 6.09 Å². The van der Waals surface area contributed by atoms with Crippen molar-refractivity contribution in [3.8, 4) is 0 Å². The zero-order valence-electron chi connectivity index (χ0n) is 17.5. The monoisotopic (exact) mass is 515 g/mol. The Kier molecular flexibility index (Phi) is 14.3. The molecule has 0 unspecified atom stereocenters. The van der Waals surface area contributed by atoms with Gasteiger partial charge in [0.25, 0.3) is 0 Å². The molecule has 27 heavy (non-hydrogen) atoms. The maximum Gasteiger partial charge on any atom is 0.410 e. The number of unbranched alkanes of at least 4 members (excludes halogenated alkanes) is 1. The number of aliphatic imine (C=N–C) groups is 1. The van der Waals surface area contributed by atoms with E-state index in [0.717, 1.165) is 58.2 Å². The van der Waals surface area contributed by atoms with E-state index in [4.69, 9.17) is 4.74 Å². The fourth-order valence-corrected chi connectivity index (χ4v) is 3.10. The second-order valence-electron chi connectivity index (χ2n) is 7.43. The molecule has 0 aliphatic carbocycles. The second-order valence-corrected chi connectivity index (χ2v) is 8.42. The van der Waals surface area contributed by atoms with E-state index in [1.54, 1.807) is 11.9 Å². The molecule has 1 rings (SSSR count). The number of piperazine rings is 1. The molecule has 0 radical (unpaired) electrons. The Balaban J connectivity index is 0.00000676. The summed E-state index contributed by atoms with van der Waals surface area (Å²) in [5, 5.41) is 6.71. The number of nitrogens with zero attached hydrogens (tertiary/aromatic N) is 3. The molecule has 1 heterocycles. The Labute approximate surface area is 186 Å². The normalized spacial score (nSPS) is 15.9. The van der Waals surface area contributed by atoms with Crippen LogP contribution in [-0.4, -0.2) is 92.3 Å². The molecular formula is C18H38IN5O2S. The van der Waals surface area contributed by atoms with Crippen LogP contribution in [0.4, 0.5) is 4.79 Å². The molecule has 0 spiro atoms. The summed E-state index contributed by atoms with van der Waals surface area (Å²) in [4.78, 5) is 20.5. The molecule has 1 aliphatic rings. The van der Waals surface area contributed by atoms with Crippen LogP contribution in [0.3, 0.4) is 0 Å². The van der Waals surface area contributed by atoms with Crippen molar-refractivity contribution < 1.29 is 9.53 Å². The summed E-state index contributed by atoms with van der Waals surface area (Å²) in [6.07, 6.45) is 4.32. The molecule has 9 heteroatoms. The van der Waals surface area contributed by atoms with Crippen LogP contribution < -0.4 is 10.6 Å². The Morgan fingerprint density at radius 3 is 2.30 bits per heavy atom. The number of guanidine groups is 1. The zero-order valence-corrected chi connectivity index (χ0v) is 20.7. The highest BCUT2D eigenvalue weighted by atomic mass is 127. The van der Waals surface area contributed by atoms with E-state index >= 15 is 0 Å². The fourth-order valence-electron chi connectivity index (χ4n) is 2.61. The van der Waals surface area contributed by atoms with Gasteiger partial charge in [0.1, 0.15) is 5.60 Å². The van der Waals surface area contributed by atoms with E-state index in [-0.39, 0.29) is 30.1 Å². The van der Waals surface area contributed by atoms with Crippen molar-refractivity contribution in [1.82, 2.24) is 20.4 Å². The standard InChI is InChI=1S/C18H37N5O2S.HI/c1-18(2,3)25-17(24)23-13-11-22(12-14-23)10-9-21-16(19-4)20-8-6-7-15-26-5;/h6-15H2,1-5H3,(H2,19,20,21);1H. The van der Waals surface area contributed by atoms with Crippen molar-refractivity contribution in [3.63, 3.8) is 0 Å². The minimum atomic E-state index is -0.434. The third-order valence-electron chi connectivity index (χ3n) is 4.04. The second kappa shape index (κ2) is 14.6. The van der Waals surface area contributed by atoms with E-state index in [9.17, 15) is 4.79 Å². The van der Waals surface area contributed by atoms with E-state index < -0.39 is 5.60 Å². The highest BCUT2D eigenvalue weighted by Crippen LogP contribution is 2.11. The maximum absolute atomic E-state index is 12.1. The highest BCUT2D eigenvalue weighted by molar-refractivity contribution is 14.0. The van der Waals surface area contributed by atoms with Gasteiger partial charge < -0.3 is 20.3 Å². The molecule has 1 aliphatic heterocycles. The van der Waals surface area contributed by atoms with Crippen molar-refractivity contribution in [2.75, 3.05) is 64.9 Å². The van der Waals surface area contributed by atoms with E-state index in [2.05, 4.69) is 26.8 Å². The number of thioether (sulfide) groups is 1. The maximum atomic E-state index is 12.1. The Hall–Kier alpha value is -0.420. The van der Waals surface area contributed by atoms with Gasteiger partial charge in [-0.25, -0.2) is 4.79 Å². The van der Waals surface area contributed by atoms with Crippen LogP contribution >= 0.6 is 35.7 Å². The first-order valence-electron chi connectivity index (χ1n) is 9.49.